The molecule has 2 unspecified atom stereocenters. The van der Waals surface area contributed by atoms with E-state index in [-0.39, 0.29) is 5.92 Å². The molecule has 3 aliphatic rings. The summed E-state index contributed by atoms with van der Waals surface area (Å²) in [4.78, 5) is 14.4. The Morgan fingerprint density at radius 2 is 2.19 bits per heavy atom. The number of carbonyl (C=O) groups is 1. The van der Waals surface area contributed by atoms with Gasteiger partial charge >= 0.3 is 0 Å². The summed E-state index contributed by atoms with van der Waals surface area (Å²) < 4.78 is 0. The number of ketones is 1. The number of carbonyl (C=O) groups excluding carboxylic acids is 1. The molecule has 2 nitrogen and oxygen atoms in total. The van der Waals surface area contributed by atoms with Crippen molar-refractivity contribution in [2.24, 2.45) is 11.8 Å². The van der Waals surface area contributed by atoms with Gasteiger partial charge in [0.25, 0.3) is 0 Å². The summed E-state index contributed by atoms with van der Waals surface area (Å²) in [6.07, 6.45) is 8.74. The molecule has 0 amide bonds. The third-order valence-electron chi connectivity index (χ3n) is 4.38. The minimum atomic E-state index is 0.230. The molecular weight excluding hydrogens is 198 g/mol. The molecule has 1 fully saturated rings. The van der Waals surface area contributed by atoms with E-state index in [9.17, 15) is 4.79 Å². The highest BCUT2D eigenvalue weighted by Gasteiger charge is 2.38. The van der Waals surface area contributed by atoms with Gasteiger partial charge in [-0.1, -0.05) is 6.42 Å². The van der Waals surface area contributed by atoms with E-state index in [1.165, 1.54) is 37.1 Å². The molecule has 3 rings (SSSR count). The van der Waals surface area contributed by atoms with E-state index < -0.39 is 0 Å². The summed E-state index contributed by atoms with van der Waals surface area (Å²) in [6, 6.07) is 0. The summed E-state index contributed by atoms with van der Waals surface area (Å²) >= 11 is 0. The largest absolute Gasteiger partial charge is 0.372 e. The highest BCUT2D eigenvalue weighted by atomic mass is 16.1. The van der Waals surface area contributed by atoms with E-state index in [2.05, 4.69) is 17.9 Å². The zero-order chi connectivity index (χ0) is 11.1. The summed E-state index contributed by atoms with van der Waals surface area (Å²) in [5, 5.41) is 0. The molecule has 86 valence electrons. The van der Waals surface area contributed by atoms with Gasteiger partial charge in [-0.2, -0.15) is 0 Å². The lowest BCUT2D eigenvalue weighted by molar-refractivity contribution is -0.118. The van der Waals surface area contributed by atoms with Gasteiger partial charge in [0.15, 0.2) is 5.78 Å². The predicted octanol–water partition coefficient (Wildman–Crippen LogP) is 2.52. The number of rotatable bonds is 1. The first kappa shape index (κ1) is 10.1. The second-order valence-electron chi connectivity index (χ2n) is 5.13. The Labute approximate surface area is 97.0 Å². The molecule has 0 N–H and O–H groups in total. The molecule has 1 aliphatic heterocycles. The van der Waals surface area contributed by atoms with Crippen LogP contribution >= 0.6 is 0 Å². The van der Waals surface area contributed by atoms with Gasteiger partial charge in [0.1, 0.15) is 0 Å². The van der Waals surface area contributed by atoms with E-state index >= 15 is 0 Å². The minimum absolute atomic E-state index is 0.230. The maximum absolute atomic E-state index is 11.9. The van der Waals surface area contributed by atoms with Crippen LogP contribution in [0.15, 0.2) is 23.4 Å². The van der Waals surface area contributed by atoms with Crippen molar-refractivity contribution in [3.63, 3.8) is 0 Å². The molecule has 0 aromatic rings. The molecule has 0 radical (unpaired) electrons. The first-order chi connectivity index (χ1) is 7.81. The zero-order valence-electron chi connectivity index (χ0n) is 9.91. The predicted molar refractivity (Wildman–Crippen MR) is 63.9 cm³/mol. The molecule has 2 heteroatoms. The highest BCUT2D eigenvalue weighted by Crippen LogP contribution is 2.44. The van der Waals surface area contributed by atoms with Crippen LogP contribution < -0.4 is 0 Å². The standard InChI is InChI=1S/C14H19NO/c1-2-15-9-8-10-4-3-5-11-13(16)7-6-12(15)14(10)11/h6-7,10-11H,2-5,8-9H2,1H3. The van der Waals surface area contributed by atoms with E-state index in [1.807, 2.05) is 0 Å². The van der Waals surface area contributed by atoms with Crippen molar-refractivity contribution in [3.8, 4) is 0 Å². The van der Waals surface area contributed by atoms with Gasteiger partial charge in [0.2, 0.25) is 0 Å². The first-order valence-corrected chi connectivity index (χ1v) is 6.52. The Morgan fingerprint density at radius 3 is 3.00 bits per heavy atom. The molecule has 0 saturated heterocycles. The van der Waals surface area contributed by atoms with Gasteiger partial charge in [0, 0.05) is 24.7 Å². The van der Waals surface area contributed by atoms with E-state index in [0.29, 0.717) is 11.7 Å². The molecule has 1 heterocycles. The lowest BCUT2D eigenvalue weighted by atomic mass is 9.69. The third kappa shape index (κ3) is 1.35. The summed E-state index contributed by atoms with van der Waals surface area (Å²) in [6.45, 7) is 4.44. The van der Waals surface area contributed by atoms with Crippen LogP contribution in [0.4, 0.5) is 0 Å². The number of hydrogen-bond donors (Lipinski definition) is 0. The van der Waals surface area contributed by atoms with Crippen molar-refractivity contribution in [1.29, 1.82) is 0 Å². The summed E-state index contributed by atoms with van der Waals surface area (Å²) in [5.74, 6) is 1.28. The number of hydrogen-bond acceptors (Lipinski definition) is 2. The second-order valence-corrected chi connectivity index (χ2v) is 5.13. The van der Waals surface area contributed by atoms with Crippen LogP contribution in [0.2, 0.25) is 0 Å². The lowest BCUT2D eigenvalue weighted by Crippen LogP contribution is -2.39. The zero-order valence-corrected chi connectivity index (χ0v) is 9.91. The number of allylic oxidation sites excluding steroid dienone is 3. The van der Waals surface area contributed by atoms with E-state index in [0.717, 1.165) is 13.0 Å². The van der Waals surface area contributed by atoms with Gasteiger partial charge in [-0.15, -0.1) is 0 Å². The molecule has 0 spiro atoms. The first-order valence-electron chi connectivity index (χ1n) is 6.52. The van der Waals surface area contributed by atoms with Gasteiger partial charge < -0.3 is 4.90 Å². The average molecular weight is 217 g/mol. The Kier molecular flexibility index (Phi) is 2.38. The molecular formula is C14H19NO. The Morgan fingerprint density at radius 1 is 1.31 bits per heavy atom. The topological polar surface area (TPSA) is 20.3 Å². The normalized spacial score (nSPS) is 33.1. The van der Waals surface area contributed by atoms with Crippen LogP contribution in [0, 0.1) is 11.8 Å². The maximum atomic E-state index is 11.9. The smallest absolute Gasteiger partial charge is 0.162 e. The van der Waals surface area contributed by atoms with Crippen molar-refractivity contribution in [3.05, 3.63) is 23.4 Å². The Hall–Kier alpha value is -1.05. The average Bonchev–Trinajstić information content (AvgIpc) is 2.34. The fourth-order valence-electron chi connectivity index (χ4n) is 3.57. The molecule has 2 aliphatic carbocycles. The molecule has 0 bridgehead atoms. The fourth-order valence-corrected chi connectivity index (χ4v) is 3.57. The van der Waals surface area contributed by atoms with Gasteiger partial charge in [-0.25, -0.2) is 0 Å². The van der Waals surface area contributed by atoms with Crippen LogP contribution in [0.25, 0.3) is 0 Å². The Bertz CT molecular complexity index is 380. The molecule has 2 atom stereocenters. The highest BCUT2D eigenvalue weighted by molar-refractivity contribution is 5.96. The van der Waals surface area contributed by atoms with Crippen molar-refractivity contribution >= 4 is 5.78 Å². The molecule has 0 aromatic heterocycles. The third-order valence-corrected chi connectivity index (χ3v) is 4.38. The molecule has 1 saturated carbocycles. The van der Waals surface area contributed by atoms with Crippen molar-refractivity contribution in [2.75, 3.05) is 13.1 Å². The summed E-state index contributed by atoms with van der Waals surface area (Å²) in [7, 11) is 0. The molecule has 0 aromatic carbocycles. The van der Waals surface area contributed by atoms with Gasteiger partial charge in [-0.05, 0) is 49.8 Å². The lowest BCUT2D eigenvalue weighted by Gasteiger charge is -2.43. The SMILES string of the molecule is CCN1CCC2CCCC3C(=O)C=CC1=C23. The van der Waals surface area contributed by atoms with Crippen molar-refractivity contribution in [1.82, 2.24) is 4.90 Å². The number of likely N-dealkylation sites (N-methyl/N-ethyl adjacent to an activating group) is 1. The van der Waals surface area contributed by atoms with Crippen LogP contribution in [0.3, 0.4) is 0 Å². The number of nitrogens with zero attached hydrogens (tertiary/aromatic N) is 1. The van der Waals surface area contributed by atoms with Gasteiger partial charge in [0.05, 0.1) is 0 Å². The fraction of sp³-hybridized carbons (Fsp3) is 0.643. The molecule has 16 heavy (non-hydrogen) atoms. The summed E-state index contributed by atoms with van der Waals surface area (Å²) in [5.41, 5.74) is 2.86. The van der Waals surface area contributed by atoms with Gasteiger partial charge in [-0.3, -0.25) is 4.79 Å². The van der Waals surface area contributed by atoms with Crippen LogP contribution in [-0.2, 0) is 4.79 Å². The van der Waals surface area contributed by atoms with Crippen LogP contribution in [0.1, 0.15) is 32.6 Å². The quantitative estimate of drug-likeness (QED) is 0.672. The maximum Gasteiger partial charge on any atom is 0.162 e. The monoisotopic (exact) mass is 217 g/mol. The second kappa shape index (κ2) is 3.76. The Balaban J connectivity index is 2.06. The minimum Gasteiger partial charge on any atom is -0.372 e. The van der Waals surface area contributed by atoms with Crippen molar-refractivity contribution in [2.45, 2.75) is 32.6 Å². The van der Waals surface area contributed by atoms with Crippen LogP contribution in [-0.4, -0.2) is 23.8 Å². The van der Waals surface area contributed by atoms with E-state index in [1.54, 1.807) is 6.08 Å². The van der Waals surface area contributed by atoms with E-state index in [4.69, 9.17) is 0 Å². The van der Waals surface area contributed by atoms with Crippen LogP contribution in [0.5, 0.6) is 0 Å². The van der Waals surface area contributed by atoms with Crippen molar-refractivity contribution < 1.29 is 4.79 Å².